The standard InChI is InChI=1S/C19H27N3O4S/c20-18(23)9-8-15-5-4-10-21(14-15)19(24)16-6-3-7-17(13-16)27(25,26)22-11-1-2-12-22/h3,6-7,13,15H,1-2,4-5,8-12,14H2,(H2,20,23). The highest BCUT2D eigenvalue weighted by atomic mass is 32.2. The molecule has 2 amide bonds. The molecule has 1 aromatic carbocycles. The van der Waals surface area contributed by atoms with Gasteiger partial charge in [-0.15, -0.1) is 0 Å². The number of rotatable bonds is 6. The van der Waals surface area contributed by atoms with Crippen LogP contribution in [-0.4, -0.2) is 55.6 Å². The Balaban J connectivity index is 1.72. The van der Waals surface area contributed by atoms with E-state index in [9.17, 15) is 18.0 Å². The third kappa shape index (κ3) is 4.68. The molecule has 2 fully saturated rings. The van der Waals surface area contributed by atoms with Gasteiger partial charge in [-0.25, -0.2) is 8.42 Å². The van der Waals surface area contributed by atoms with Crippen molar-refractivity contribution >= 4 is 21.8 Å². The molecule has 0 bridgehead atoms. The molecule has 1 unspecified atom stereocenters. The molecular formula is C19H27N3O4S. The first kappa shape index (κ1) is 19.8. The molecule has 0 aromatic heterocycles. The van der Waals surface area contributed by atoms with Crippen LogP contribution in [0.15, 0.2) is 29.2 Å². The quantitative estimate of drug-likeness (QED) is 0.793. The minimum Gasteiger partial charge on any atom is -0.370 e. The van der Waals surface area contributed by atoms with E-state index >= 15 is 0 Å². The molecule has 0 spiro atoms. The second-order valence-electron chi connectivity index (χ2n) is 7.40. The number of benzene rings is 1. The van der Waals surface area contributed by atoms with Crippen molar-refractivity contribution < 1.29 is 18.0 Å². The molecule has 3 rings (SSSR count). The summed E-state index contributed by atoms with van der Waals surface area (Å²) >= 11 is 0. The Labute approximate surface area is 160 Å². The Hall–Kier alpha value is -1.93. The summed E-state index contributed by atoms with van der Waals surface area (Å²) in [7, 11) is -3.54. The van der Waals surface area contributed by atoms with Gasteiger partial charge in [-0.1, -0.05) is 6.07 Å². The zero-order valence-electron chi connectivity index (χ0n) is 15.5. The number of carbonyl (C=O) groups excluding carboxylic acids is 2. The highest BCUT2D eigenvalue weighted by molar-refractivity contribution is 7.89. The number of nitrogens with zero attached hydrogens (tertiary/aromatic N) is 2. The Bertz CT molecular complexity index is 803. The van der Waals surface area contributed by atoms with Crippen LogP contribution >= 0.6 is 0 Å². The fourth-order valence-electron chi connectivity index (χ4n) is 3.88. The van der Waals surface area contributed by atoms with Crippen LogP contribution < -0.4 is 5.73 Å². The first-order valence-electron chi connectivity index (χ1n) is 9.56. The number of likely N-dealkylation sites (tertiary alicyclic amines) is 1. The molecule has 7 nitrogen and oxygen atoms in total. The fraction of sp³-hybridized carbons (Fsp3) is 0.579. The van der Waals surface area contributed by atoms with Crippen LogP contribution in [-0.2, 0) is 14.8 Å². The van der Waals surface area contributed by atoms with E-state index in [1.165, 1.54) is 10.4 Å². The predicted octanol–water partition coefficient (Wildman–Crippen LogP) is 1.59. The SMILES string of the molecule is NC(=O)CCC1CCCN(C(=O)c2cccc(S(=O)(=O)N3CCCC3)c2)C1. The third-order valence-corrected chi connectivity index (χ3v) is 7.28. The van der Waals surface area contributed by atoms with Gasteiger partial charge in [0, 0.05) is 38.2 Å². The zero-order valence-corrected chi connectivity index (χ0v) is 16.3. The largest absolute Gasteiger partial charge is 0.370 e. The van der Waals surface area contributed by atoms with Gasteiger partial charge in [0.1, 0.15) is 0 Å². The monoisotopic (exact) mass is 393 g/mol. The van der Waals surface area contributed by atoms with E-state index in [0.29, 0.717) is 44.6 Å². The topological polar surface area (TPSA) is 101 Å². The minimum atomic E-state index is -3.54. The molecular weight excluding hydrogens is 366 g/mol. The molecule has 2 aliphatic rings. The van der Waals surface area contributed by atoms with Gasteiger partial charge < -0.3 is 10.6 Å². The Kier molecular flexibility index (Phi) is 6.16. The molecule has 0 radical (unpaired) electrons. The number of piperidine rings is 1. The van der Waals surface area contributed by atoms with E-state index in [1.54, 1.807) is 23.1 Å². The molecule has 2 saturated heterocycles. The van der Waals surface area contributed by atoms with Crippen LogP contribution in [0.5, 0.6) is 0 Å². The van der Waals surface area contributed by atoms with Gasteiger partial charge in [0.25, 0.3) is 5.91 Å². The fourth-order valence-corrected chi connectivity index (χ4v) is 5.44. The lowest BCUT2D eigenvalue weighted by molar-refractivity contribution is -0.118. The second-order valence-corrected chi connectivity index (χ2v) is 9.34. The molecule has 0 saturated carbocycles. The summed E-state index contributed by atoms with van der Waals surface area (Å²) in [5.74, 6) is -0.220. The van der Waals surface area contributed by atoms with Crippen LogP contribution in [0.1, 0.15) is 48.9 Å². The van der Waals surface area contributed by atoms with Crippen LogP contribution in [0.2, 0.25) is 0 Å². The highest BCUT2D eigenvalue weighted by Gasteiger charge is 2.29. The minimum absolute atomic E-state index is 0.155. The molecule has 0 aliphatic carbocycles. The molecule has 8 heteroatoms. The third-order valence-electron chi connectivity index (χ3n) is 5.39. The molecule has 27 heavy (non-hydrogen) atoms. The lowest BCUT2D eigenvalue weighted by Crippen LogP contribution is -2.40. The number of amides is 2. The molecule has 1 atom stereocenters. The van der Waals surface area contributed by atoms with Crippen molar-refractivity contribution in [3.63, 3.8) is 0 Å². The van der Waals surface area contributed by atoms with E-state index in [-0.39, 0.29) is 22.6 Å². The van der Waals surface area contributed by atoms with Crippen LogP contribution in [0.25, 0.3) is 0 Å². The number of hydrogen-bond donors (Lipinski definition) is 1. The summed E-state index contributed by atoms with van der Waals surface area (Å²) in [5.41, 5.74) is 5.62. The van der Waals surface area contributed by atoms with Crippen LogP contribution in [0.4, 0.5) is 0 Å². The molecule has 2 N–H and O–H groups in total. The first-order valence-corrected chi connectivity index (χ1v) is 11.0. The maximum absolute atomic E-state index is 12.9. The maximum atomic E-state index is 12.9. The number of nitrogens with two attached hydrogens (primary N) is 1. The van der Waals surface area contributed by atoms with Gasteiger partial charge in [-0.2, -0.15) is 4.31 Å². The molecule has 148 valence electrons. The summed E-state index contributed by atoms with van der Waals surface area (Å²) in [6, 6.07) is 6.34. The van der Waals surface area contributed by atoms with Gasteiger partial charge in [0.15, 0.2) is 0 Å². The predicted molar refractivity (Wildman–Crippen MR) is 101 cm³/mol. The molecule has 1 aromatic rings. The summed E-state index contributed by atoms with van der Waals surface area (Å²) in [4.78, 5) is 25.8. The van der Waals surface area contributed by atoms with Gasteiger partial charge in [0.2, 0.25) is 15.9 Å². The summed E-state index contributed by atoms with van der Waals surface area (Å²) in [5, 5.41) is 0. The Morgan fingerprint density at radius 3 is 2.56 bits per heavy atom. The Morgan fingerprint density at radius 1 is 1.11 bits per heavy atom. The summed E-state index contributed by atoms with van der Waals surface area (Å²) in [6.45, 7) is 2.30. The van der Waals surface area contributed by atoms with Crippen molar-refractivity contribution in [3.8, 4) is 0 Å². The van der Waals surface area contributed by atoms with Crippen molar-refractivity contribution in [2.24, 2.45) is 11.7 Å². The van der Waals surface area contributed by atoms with Crippen LogP contribution in [0, 0.1) is 5.92 Å². The highest BCUT2D eigenvalue weighted by Crippen LogP contribution is 2.25. The van der Waals surface area contributed by atoms with Crippen molar-refractivity contribution in [2.45, 2.75) is 43.4 Å². The Morgan fingerprint density at radius 2 is 1.85 bits per heavy atom. The lowest BCUT2D eigenvalue weighted by Gasteiger charge is -2.33. The average molecular weight is 394 g/mol. The van der Waals surface area contributed by atoms with Gasteiger partial charge in [-0.05, 0) is 56.2 Å². The van der Waals surface area contributed by atoms with E-state index in [1.807, 2.05) is 0 Å². The number of hydrogen-bond acceptors (Lipinski definition) is 4. The first-order chi connectivity index (χ1) is 12.9. The number of primary amides is 1. The average Bonchev–Trinajstić information content (AvgIpc) is 3.22. The van der Waals surface area contributed by atoms with Gasteiger partial charge in [0.05, 0.1) is 4.90 Å². The normalized spacial score (nSPS) is 21.3. The van der Waals surface area contributed by atoms with E-state index in [2.05, 4.69) is 0 Å². The van der Waals surface area contributed by atoms with Crippen molar-refractivity contribution in [2.75, 3.05) is 26.2 Å². The van der Waals surface area contributed by atoms with E-state index in [0.717, 1.165) is 25.7 Å². The van der Waals surface area contributed by atoms with E-state index in [4.69, 9.17) is 5.73 Å². The van der Waals surface area contributed by atoms with Crippen molar-refractivity contribution in [3.05, 3.63) is 29.8 Å². The second kappa shape index (κ2) is 8.39. The molecule has 2 heterocycles. The number of sulfonamides is 1. The van der Waals surface area contributed by atoms with E-state index < -0.39 is 10.0 Å². The zero-order chi connectivity index (χ0) is 19.4. The number of carbonyl (C=O) groups is 2. The lowest BCUT2D eigenvalue weighted by atomic mass is 9.93. The molecule has 2 aliphatic heterocycles. The van der Waals surface area contributed by atoms with Gasteiger partial charge >= 0.3 is 0 Å². The smallest absolute Gasteiger partial charge is 0.253 e. The summed E-state index contributed by atoms with van der Waals surface area (Å²) in [6.07, 6.45) is 4.61. The maximum Gasteiger partial charge on any atom is 0.253 e. The summed E-state index contributed by atoms with van der Waals surface area (Å²) < 4.78 is 27.0. The van der Waals surface area contributed by atoms with Gasteiger partial charge in [-0.3, -0.25) is 9.59 Å². The van der Waals surface area contributed by atoms with Crippen molar-refractivity contribution in [1.29, 1.82) is 0 Å². The van der Waals surface area contributed by atoms with Crippen molar-refractivity contribution in [1.82, 2.24) is 9.21 Å². The van der Waals surface area contributed by atoms with Crippen LogP contribution in [0.3, 0.4) is 0 Å².